The van der Waals surface area contributed by atoms with Gasteiger partial charge in [-0.3, -0.25) is 9.48 Å². The van der Waals surface area contributed by atoms with Crippen LogP contribution in [0.1, 0.15) is 40.5 Å². The fraction of sp³-hybridized carbons (Fsp3) is 0.417. The van der Waals surface area contributed by atoms with Gasteiger partial charge in [0, 0.05) is 57.6 Å². The number of methoxy groups -OCH3 is 1. The first-order valence-electron chi connectivity index (χ1n) is 10.9. The SMILES string of the molecule is COc1ccc(-c2cnc(N(C)C)nc2C2CCN(C(=O)c3cnn(C)c3C)CC2)cc1. The minimum absolute atomic E-state index is 0.0566. The summed E-state index contributed by atoms with van der Waals surface area (Å²) in [5, 5.41) is 4.22. The van der Waals surface area contributed by atoms with E-state index in [4.69, 9.17) is 9.72 Å². The highest BCUT2D eigenvalue weighted by molar-refractivity contribution is 5.95. The molecule has 4 rings (SSSR count). The topological polar surface area (TPSA) is 76.4 Å². The molecule has 1 aromatic carbocycles. The highest BCUT2D eigenvalue weighted by Crippen LogP contribution is 2.35. The van der Waals surface area contributed by atoms with Crippen LogP contribution in [-0.4, -0.2) is 64.9 Å². The second-order valence-corrected chi connectivity index (χ2v) is 8.43. The Kier molecular flexibility index (Phi) is 6.12. The number of hydrogen-bond acceptors (Lipinski definition) is 6. The van der Waals surface area contributed by atoms with Gasteiger partial charge in [0.15, 0.2) is 0 Å². The number of hydrogen-bond donors (Lipinski definition) is 0. The fourth-order valence-electron chi connectivity index (χ4n) is 4.14. The normalized spacial score (nSPS) is 14.5. The maximum Gasteiger partial charge on any atom is 0.257 e. The standard InChI is InChI=1S/C24H30N6O2/c1-16-20(15-26-29(16)4)23(31)30-12-10-18(11-13-30)22-21(14-25-24(27-22)28(2)3)17-6-8-19(32-5)9-7-17/h6-9,14-15,18H,10-13H2,1-5H3. The average Bonchev–Trinajstić information content (AvgIpc) is 3.16. The molecule has 0 atom stereocenters. The van der Waals surface area contributed by atoms with Crippen molar-refractivity contribution in [2.24, 2.45) is 7.05 Å². The molecule has 168 valence electrons. The molecule has 3 heterocycles. The van der Waals surface area contributed by atoms with Crippen molar-refractivity contribution in [3.05, 3.63) is 53.6 Å². The number of carbonyl (C=O) groups excluding carboxylic acids is 1. The number of benzene rings is 1. The zero-order valence-electron chi connectivity index (χ0n) is 19.4. The van der Waals surface area contributed by atoms with Crippen LogP contribution in [0.4, 0.5) is 5.95 Å². The average molecular weight is 435 g/mol. The van der Waals surface area contributed by atoms with Gasteiger partial charge >= 0.3 is 0 Å². The van der Waals surface area contributed by atoms with Gasteiger partial charge in [-0.2, -0.15) is 5.10 Å². The Hall–Kier alpha value is -3.42. The summed E-state index contributed by atoms with van der Waals surface area (Å²) in [4.78, 5) is 26.3. The lowest BCUT2D eigenvalue weighted by molar-refractivity contribution is 0.0711. The summed E-state index contributed by atoms with van der Waals surface area (Å²) >= 11 is 0. The number of anilines is 1. The predicted octanol–water partition coefficient (Wildman–Crippen LogP) is 3.28. The van der Waals surface area contributed by atoms with Gasteiger partial charge in [0.2, 0.25) is 5.95 Å². The molecule has 8 nitrogen and oxygen atoms in total. The molecule has 1 aliphatic heterocycles. The van der Waals surface area contributed by atoms with E-state index in [1.165, 1.54) is 0 Å². The van der Waals surface area contributed by atoms with Crippen LogP contribution in [0.15, 0.2) is 36.7 Å². The Morgan fingerprint density at radius 3 is 2.38 bits per heavy atom. The van der Waals surface area contributed by atoms with E-state index in [1.54, 1.807) is 18.0 Å². The number of amides is 1. The van der Waals surface area contributed by atoms with Gasteiger partial charge in [-0.25, -0.2) is 9.97 Å². The lowest BCUT2D eigenvalue weighted by Crippen LogP contribution is -2.38. The molecule has 2 aromatic heterocycles. The highest BCUT2D eigenvalue weighted by Gasteiger charge is 2.29. The maximum absolute atomic E-state index is 13.0. The summed E-state index contributed by atoms with van der Waals surface area (Å²) in [6.07, 6.45) is 5.30. The number of piperidine rings is 1. The molecule has 8 heteroatoms. The lowest BCUT2D eigenvalue weighted by Gasteiger charge is -2.32. The van der Waals surface area contributed by atoms with Crippen molar-refractivity contribution in [1.29, 1.82) is 0 Å². The zero-order chi connectivity index (χ0) is 22.8. The first-order valence-corrected chi connectivity index (χ1v) is 10.9. The van der Waals surface area contributed by atoms with Gasteiger partial charge in [-0.1, -0.05) is 12.1 Å². The van der Waals surface area contributed by atoms with Gasteiger partial charge in [0.25, 0.3) is 5.91 Å². The predicted molar refractivity (Wildman–Crippen MR) is 124 cm³/mol. The van der Waals surface area contributed by atoms with Crippen molar-refractivity contribution >= 4 is 11.9 Å². The number of carbonyl (C=O) groups is 1. The molecule has 0 aliphatic carbocycles. The van der Waals surface area contributed by atoms with Crippen LogP contribution in [0.3, 0.4) is 0 Å². The molecule has 1 amide bonds. The molecule has 0 saturated carbocycles. The molecular weight excluding hydrogens is 404 g/mol. The number of aryl methyl sites for hydroxylation is 1. The summed E-state index contributed by atoms with van der Waals surface area (Å²) in [5.41, 5.74) is 4.72. The smallest absolute Gasteiger partial charge is 0.257 e. The molecule has 0 bridgehead atoms. The number of rotatable bonds is 5. The largest absolute Gasteiger partial charge is 0.497 e. The third-order valence-corrected chi connectivity index (χ3v) is 6.24. The van der Waals surface area contributed by atoms with Crippen molar-refractivity contribution in [3.8, 4) is 16.9 Å². The van der Waals surface area contributed by atoms with Gasteiger partial charge < -0.3 is 14.5 Å². The van der Waals surface area contributed by atoms with Crippen molar-refractivity contribution in [2.45, 2.75) is 25.7 Å². The lowest BCUT2D eigenvalue weighted by atomic mass is 9.88. The summed E-state index contributed by atoms with van der Waals surface area (Å²) in [6.45, 7) is 3.32. The Bertz CT molecular complexity index is 1100. The highest BCUT2D eigenvalue weighted by atomic mass is 16.5. The van der Waals surface area contributed by atoms with Crippen LogP contribution in [0.5, 0.6) is 5.75 Å². The number of aromatic nitrogens is 4. The third kappa shape index (κ3) is 4.17. The van der Waals surface area contributed by atoms with Crippen molar-refractivity contribution < 1.29 is 9.53 Å². The number of nitrogens with zero attached hydrogens (tertiary/aromatic N) is 6. The van der Waals surface area contributed by atoms with Gasteiger partial charge in [-0.05, 0) is 37.5 Å². The maximum atomic E-state index is 13.0. The molecule has 32 heavy (non-hydrogen) atoms. The first kappa shape index (κ1) is 21.8. The van der Waals surface area contributed by atoms with E-state index in [-0.39, 0.29) is 11.8 Å². The van der Waals surface area contributed by atoms with Crippen LogP contribution in [0.25, 0.3) is 11.1 Å². The number of ether oxygens (including phenoxy) is 1. The van der Waals surface area contributed by atoms with Crippen molar-refractivity contribution in [1.82, 2.24) is 24.6 Å². The van der Waals surface area contributed by atoms with E-state index >= 15 is 0 Å². The Labute approximate surface area is 188 Å². The van der Waals surface area contributed by atoms with Crippen LogP contribution < -0.4 is 9.64 Å². The number of likely N-dealkylation sites (tertiary alicyclic amines) is 1. The molecule has 1 fully saturated rings. The van der Waals surface area contributed by atoms with Gasteiger partial charge in [0.05, 0.1) is 24.6 Å². The third-order valence-electron chi connectivity index (χ3n) is 6.24. The Balaban J connectivity index is 1.58. The van der Waals surface area contributed by atoms with E-state index in [9.17, 15) is 4.79 Å². The minimum atomic E-state index is 0.0566. The monoisotopic (exact) mass is 434 g/mol. The molecule has 0 unspecified atom stereocenters. The molecular formula is C24H30N6O2. The Morgan fingerprint density at radius 1 is 1.12 bits per heavy atom. The van der Waals surface area contributed by atoms with Gasteiger partial charge in [0.1, 0.15) is 5.75 Å². The minimum Gasteiger partial charge on any atom is -0.497 e. The molecule has 0 spiro atoms. The van der Waals surface area contributed by atoms with Crippen LogP contribution >= 0.6 is 0 Å². The van der Waals surface area contributed by atoms with Crippen LogP contribution in [0, 0.1) is 6.92 Å². The van der Waals surface area contributed by atoms with E-state index in [0.717, 1.165) is 41.1 Å². The van der Waals surface area contributed by atoms with Crippen LogP contribution in [-0.2, 0) is 7.05 Å². The van der Waals surface area contributed by atoms with Crippen molar-refractivity contribution in [2.75, 3.05) is 39.2 Å². The fourth-order valence-corrected chi connectivity index (χ4v) is 4.14. The second kappa shape index (κ2) is 8.98. The quantitative estimate of drug-likeness (QED) is 0.613. The molecule has 0 N–H and O–H groups in total. The molecule has 3 aromatic rings. The van der Waals surface area contributed by atoms with Crippen LogP contribution in [0.2, 0.25) is 0 Å². The van der Waals surface area contributed by atoms with Gasteiger partial charge in [-0.15, -0.1) is 0 Å². The Morgan fingerprint density at radius 2 is 1.81 bits per heavy atom. The molecule has 1 saturated heterocycles. The summed E-state index contributed by atoms with van der Waals surface area (Å²) < 4.78 is 7.04. The van der Waals surface area contributed by atoms with E-state index in [0.29, 0.717) is 24.6 Å². The second-order valence-electron chi connectivity index (χ2n) is 8.43. The molecule has 1 aliphatic rings. The molecule has 0 radical (unpaired) electrons. The van der Waals surface area contributed by atoms with E-state index < -0.39 is 0 Å². The first-order chi connectivity index (χ1) is 15.4. The summed E-state index contributed by atoms with van der Waals surface area (Å²) in [7, 11) is 7.42. The van der Waals surface area contributed by atoms with E-state index in [2.05, 4.69) is 10.1 Å². The van der Waals surface area contributed by atoms with Crippen molar-refractivity contribution in [3.63, 3.8) is 0 Å². The van der Waals surface area contributed by atoms with E-state index in [1.807, 2.05) is 68.3 Å². The summed E-state index contributed by atoms with van der Waals surface area (Å²) in [6, 6.07) is 7.99. The zero-order valence-corrected chi connectivity index (χ0v) is 19.4. The summed E-state index contributed by atoms with van der Waals surface area (Å²) in [5.74, 6) is 1.83.